The van der Waals surface area contributed by atoms with Crippen molar-refractivity contribution in [1.82, 2.24) is 5.32 Å². The zero-order valence-electron chi connectivity index (χ0n) is 11.7. The molecule has 100 valence electrons. The van der Waals surface area contributed by atoms with E-state index < -0.39 is 0 Å². The van der Waals surface area contributed by atoms with Crippen molar-refractivity contribution in [2.24, 2.45) is 0 Å². The van der Waals surface area contributed by atoms with E-state index in [0.29, 0.717) is 5.75 Å². The number of aryl methyl sites for hydroxylation is 1. The van der Waals surface area contributed by atoms with Gasteiger partial charge in [-0.25, -0.2) is 0 Å². The number of aromatic hydroxyl groups is 1. The van der Waals surface area contributed by atoms with Crippen molar-refractivity contribution in [2.45, 2.75) is 32.9 Å². The zero-order chi connectivity index (χ0) is 13.8. The summed E-state index contributed by atoms with van der Waals surface area (Å²) in [4.78, 5) is 0. The Hall–Kier alpha value is -1.80. The van der Waals surface area contributed by atoms with E-state index in [1.54, 1.807) is 6.07 Å². The van der Waals surface area contributed by atoms with Crippen molar-refractivity contribution >= 4 is 0 Å². The molecule has 0 heterocycles. The number of nitrogens with one attached hydrogen (secondary N) is 1. The molecule has 0 radical (unpaired) electrons. The minimum Gasteiger partial charge on any atom is -0.508 e. The second-order valence-corrected chi connectivity index (χ2v) is 5.08. The molecule has 2 N–H and O–H groups in total. The Morgan fingerprint density at radius 3 is 2.16 bits per heavy atom. The molecule has 2 nitrogen and oxygen atoms in total. The molecule has 0 fully saturated rings. The summed E-state index contributed by atoms with van der Waals surface area (Å²) in [5, 5.41) is 13.4. The lowest BCUT2D eigenvalue weighted by atomic mass is 10.0. The highest BCUT2D eigenvalue weighted by Crippen LogP contribution is 2.25. The van der Waals surface area contributed by atoms with Crippen LogP contribution in [-0.2, 0) is 0 Å². The van der Waals surface area contributed by atoms with Crippen molar-refractivity contribution in [2.75, 3.05) is 0 Å². The fourth-order valence-electron chi connectivity index (χ4n) is 2.27. The minimum atomic E-state index is 0.109. The van der Waals surface area contributed by atoms with Crippen LogP contribution in [-0.4, -0.2) is 5.11 Å². The van der Waals surface area contributed by atoms with Gasteiger partial charge in [-0.2, -0.15) is 0 Å². The number of hydrogen-bond donors (Lipinski definition) is 2. The smallest absolute Gasteiger partial charge is 0.120 e. The van der Waals surface area contributed by atoms with Gasteiger partial charge in [0.2, 0.25) is 0 Å². The lowest BCUT2D eigenvalue weighted by Crippen LogP contribution is -2.22. The van der Waals surface area contributed by atoms with Crippen molar-refractivity contribution in [3.63, 3.8) is 0 Å². The molecule has 0 saturated heterocycles. The predicted octanol–water partition coefficient (Wildman–Crippen LogP) is 4.11. The number of rotatable bonds is 4. The van der Waals surface area contributed by atoms with E-state index in [1.165, 1.54) is 11.1 Å². The first-order valence-electron chi connectivity index (χ1n) is 6.68. The van der Waals surface area contributed by atoms with Gasteiger partial charge in [-0.05, 0) is 32.4 Å². The molecule has 0 spiro atoms. The number of phenols is 1. The Morgan fingerprint density at radius 1 is 0.895 bits per heavy atom. The SMILES string of the molecule is Cc1ccc([C@H](C)NC(C)c2ccccc2O)cc1. The average molecular weight is 255 g/mol. The Kier molecular flexibility index (Phi) is 4.23. The minimum absolute atomic E-state index is 0.109. The molecule has 0 saturated carbocycles. The first-order chi connectivity index (χ1) is 9.08. The Balaban J connectivity index is 2.08. The van der Waals surface area contributed by atoms with Crippen LogP contribution in [0.1, 0.15) is 42.6 Å². The summed E-state index contributed by atoms with van der Waals surface area (Å²) in [6.07, 6.45) is 0. The predicted molar refractivity (Wildman–Crippen MR) is 79.3 cm³/mol. The van der Waals surface area contributed by atoms with Crippen molar-refractivity contribution in [3.05, 3.63) is 65.2 Å². The molecule has 1 unspecified atom stereocenters. The maximum Gasteiger partial charge on any atom is 0.120 e. The quantitative estimate of drug-likeness (QED) is 0.861. The summed E-state index contributed by atoms with van der Waals surface area (Å²) < 4.78 is 0. The van der Waals surface area contributed by atoms with Crippen LogP contribution in [0.5, 0.6) is 5.75 Å². The number of hydrogen-bond acceptors (Lipinski definition) is 2. The molecule has 2 atom stereocenters. The second-order valence-electron chi connectivity index (χ2n) is 5.08. The molecule has 0 aliphatic rings. The van der Waals surface area contributed by atoms with E-state index in [9.17, 15) is 5.11 Å². The zero-order valence-corrected chi connectivity index (χ0v) is 11.7. The number of benzene rings is 2. The fourth-order valence-corrected chi connectivity index (χ4v) is 2.27. The van der Waals surface area contributed by atoms with E-state index in [2.05, 4.69) is 50.4 Å². The Bertz CT molecular complexity index is 533. The molecule has 2 aromatic rings. The second kappa shape index (κ2) is 5.89. The van der Waals surface area contributed by atoms with Crippen LogP contribution >= 0.6 is 0 Å². The first-order valence-corrected chi connectivity index (χ1v) is 6.68. The van der Waals surface area contributed by atoms with Gasteiger partial charge >= 0.3 is 0 Å². The highest BCUT2D eigenvalue weighted by molar-refractivity contribution is 5.34. The summed E-state index contributed by atoms with van der Waals surface area (Å²) >= 11 is 0. The van der Waals surface area contributed by atoms with E-state index in [0.717, 1.165) is 5.56 Å². The van der Waals surface area contributed by atoms with Gasteiger partial charge in [0.1, 0.15) is 5.75 Å². The normalized spacial score (nSPS) is 14.1. The molecule has 0 aromatic heterocycles. The van der Waals surface area contributed by atoms with Crippen LogP contribution < -0.4 is 5.32 Å². The van der Waals surface area contributed by atoms with Gasteiger partial charge in [-0.1, -0.05) is 48.0 Å². The third-order valence-electron chi connectivity index (χ3n) is 3.48. The van der Waals surface area contributed by atoms with E-state index in [4.69, 9.17) is 0 Å². The number of phenolic OH excluding ortho intramolecular Hbond substituents is 1. The fraction of sp³-hybridized carbons (Fsp3) is 0.294. The van der Waals surface area contributed by atoms with E-state index >= 15 is 0 Å². The average Bonchev–Trinajstić information content (AvgIpc) is 2.39. The number of para-hydroxylation sites is 1. The molecule has 2 heteroatoms. The van der Waals surface area contributed by atoms with Crippen molar-refractivity contribution < 1.29 is 5.11 Å². The van der Waals surface area contributed by atoms with Crippen molar-refractivity contribution in [1.29, 1.82) is 0 Å². The molecule has 2 aromatic carbocycles. The third-order valence-corrected chi connectivity index (χ3v) is 3.48. The van der Waals surface area contributed by atoms with Crippen LogP contribution in [0.4, 0.5) is 0 Å². The molecule has 2 rings (SSSR count). The van der Waals surface area contributed by atoms with Gasteiger partial charge < -0.3 is 10.4 Å². The standard InChI is InChI=1S/C17H21NO/c1-12-8-10-15(11-9-12)13(2)18-14(3)16-6-4-5-7-17(16)19/h4-11,13-14,18-19H,1-3H3/t13-,14?/m0/s1. The maximum atomic E-state index is 9.86. The first kappa shape index (κ1) is 13.6. The van der Waals surface area contributed by atoms with Crippen LogP contribution in [0.2, 0.25) is 0 Å². The summed E-state index contributed by atoms with van der Waals surface area (Å²) in [5.74, 6) is 0.346. The molecule has 19 heavy (non-hydrogen) atoms. The highest BCUT2D eigenvalue weighted by atomic mass is 16.3. The van der Waals surface area contributed by atoms with Gasteiger partial charge in [0.05, 0.1) is 0 Å². The highest BCUT2D eigenvalue weighted by Gasteiger charge is 2.13. The lowest BCUT2D eigenvalue weighted by Gasteiger charge is -2.21. The summed E-state index contributed by atoms with van der Waals surface area (Å²) in [6.45, 7) is 6.30. The maximum absolute atomic E-state index is 9.86. The van der Waals surface area contributed by atoms with Crippen LogP contribution in [0, 0.1) is 6.92 Å². The van der Waals surface area contributed by atoms with Gasteiger partial charge in [0.15, 0.2) is 0 Å². The van der Waals surface area contributed by atoms with Gasteiger partial charge in [0.25, 0.3) is 0 Å². The van der Waals surface area contributed by atoms with E-state index in [-0.39, 0.29) is 12.1 Å². The summed E-state index contributed by atoms with van der Waals surface area (Å²) in [6, 6.07) is 16.4. The monoisotopic (exact) mass is 255 g/mol. The van der Waals surface area contributed by atoms with Gasteiger partial charge in [0, 0.05) is 17.6 Å². The van der Waals surface area contributed by atoms with Crippen LogP contribution in [0.3, 0.4) is 0 Å². The molecule has 0 bridgehead atoms. The third kappa shape index (κ3) is 3.36. The van der Waals surface area contributed by atoms with Crippen LogP contribution in [0.25, 0.3) is 0 Å². The lowest BCUT2D eigenvalue weighted by molar-refractivity contribution is 0.438. The van der Waals surface area contributed by atoms with Gasteiger partial charge in [-0.15, -0.1) is 0 Å². The summed E-state index contributed by atoms with van der Waals surface area (Å²) in [7, 11) is 0. The molecule has 0 amide bonds. The largest absolute Gasteiger partial charge is 0.508 e. The van der Waals surface area contributed by atoms with E-state index in [1.807, 2.05) is 18.2 Å². The van der Waals surface area contributed by atoms with Gasteiger partial charge in [-0.3, -0.25) is 0 Å². The Labute approximate surface area is 115 Å². The Morgan fingerprint density at radius 2 is 1.53 bits per heavy atom. The molecular weight excluding hydrogens is 234 g/mol. The van der Waals surface area contributed by atoms with Crippen molar-refractivity contribution in [3.8, 4) is 5.75 Å². The topological polar surface area (TPSA) is 32.3 Å². The molecule has 0 aliphatic carbocycles. The molecular formula is C17H21NO. The van der Waals surface area contributed by atoms with Crippen LogP contribution in [0.15, 0.2) is 48.5 Å². The molecule has 0 aliphatic heterocycles. The summed E-state index contributed by atoms with van der Waals surface area (Å²) in [5.41, 5.74) is 3.46.